The number of hydrogen-bond donors (Lipinski definition) is 2. The first-order valence-corrected chi connectivity index (χ1v) is 11.2. The highest BCUT2D eigenvalue weighted by Crippen LogP contribution is 2.32. The summed E-state index contributed by atoms with van der Waals surface area (Å²) in [6, 6.07) is 5.29. The van der Waals surface area contributed by atoms with Crippen LogP contribution in [-0.2, 0) is 6.54 Å². The van der Waals surface area contributed by atoms with Crippen LogP contribution in [0.5, 0.6) is 0 Å². The average Bonchev–Trinajstić information content (AvgIpc) is 3.07. The number of aryl methyl sites for hydroxylation is 1. The van der Waals surface area contributed by atoms with Gasteiger partial charge in [0.05, 0.1) is 5.02 Å². The number of nitrogens with two attached hydrogens (primary N) is 1. The van der Waals surface area contributed by atoms with E-state index in [1.54, 1.807) is 19.1 Å². The largest absolute Gasteiger partial charge is 0.449 e. The SMILES string of the molecule is CCCCn1c(N)c(N(CCC(C)C)C(=O)c2oc3c(Cl)cccc3c2C)c(=O)[nH]c1=O. The van der Waals surface area contributed by atoms with Gasteiger partial charge in [0.25, 0.3) is 11.5 Å². The van der Waals surface area contributed by atoms with Crippen LogP contribution in [0.3, 0.4) is 0 Å². The fourth-order valence-electron chi connectivity index (χ4n) is 3.61. The zero-order chi connectivity index (χ0) is 23.6. The molecule has 0 saturated heterocycles. The molecule has 0 aliphatic rings. The van der Waals surface area contributed by atoms with Crippen molar-refractivity contribution in [3.05, 3.63) is 55.4 Å². The lowest BCUT2D eigenvalue weighted by Crippen LogP contribution is -2.42. The highest BCUT2D eigenvalue weighted by atomic mass is 35.5. The number of furan rings is 1. The van der Waals surface area contributed by atoms with Crippen LogP contribution in [0.15, 0.2) is 32.2 Å². The third-order valence-electron chi connectivity index (χ3n) is 5.50. The molecule has 3 N–H and O–H groups in total. The van der Waals surface area contributed by atoms with Gasteiger partial charge in [0.15, 0.2) is 17.0 Å². The summed E-state index contributed by atoms with van der Waals surface area (Å²) in [6.07, 6.45) is 2.17. The highest BCUT2D eigenvalue weighted by Gasteiger charge is 2.29. The first kappa shape index (κ1) is 23.7. The molecule has 2 heterocycles. The predicted octanol–water partition coefficient (Wildman–Crippen LogP) is 4.32. The molecule has 0 aliphatic carbocycles. The number of benzene rings is 1. The molecular weight excluding hydrogens is 432 g/mol. The first-order valence-electron chi connectivity index (χ1n) is 10.8. The number of anilines is 2. The van der Waals surface area contributed by atoms with Crippen molar-refractivity contribution in [2.75, 3.05) is 17.2 Å². The molecule has 32 heavy (non-hydrogen) atoms. The van der Waals surface area contributed by atoms with E-state index < -0.39 is 17.2 Å². The Hall–Kier alpha value is -3.00. The smallest absolute Gasteiger partial charge is 0.330 e. The van der Waals surface area contributed by atoms with Gasteiger partial charge in [-0.1, -0.05) is 50.9 Å². The molecule has 0 aliphatic heterocycles. The number of H-pyrrole nitrogens is 1. The molecule has 3 aromatic rings. The monoisotopic (exact) mass is 460 g/mol. The van der Waals surface area contributed by atoms with E-state index in [9.17, 15) is 14.4 Å². The summed E-state index contributed by atoms with van der Waals surface area (Å²) in [4.78, 5) is 42.5. The molecule has 0 fully saturated rings. The Labute approximate surface area is 191 Å². The van der Waals surface area contributed by atoms with Crippen molar-refractivity contribution in [1.29, 1.82) is 0 Å². The number of amides is 1. The molecule has 0 saturated carbocycles. The minimum atomic E-state index is -0.704. The maximum absolute atomic E-state index is 13.7. The van der Waals surface area contributed by atoms with Crippen molar-refractivity contribution >= 4 is 40.0 Å². The van der Waals surface area contributed by atoms with Crippen molar-refractivity contribution in [3.63, 3.8) is 0 Å². The second-order valence-electron chi connectivity index (χ2n) is 8.31. The molecule has 9 heteroatoms. The third-order valence-corrected chi connectivity index (χ3v) is 5.80. The van der Waals surface area contributed by atoms with Crippen molar-refractivity contribution in [2.45, 2.75) is 53.5 Å². The van der Waals surface area contributed by atoms with Crippen molar-refractivity contribution in [3.8, 4) is 0 Å². The van der Waals surface area contributed by atoms with Gasteiger partial charge in [-0.3, -0.25) is 24.0 Å². The van der Waals surface area contributed by atoms with Gasteiger partial charge in [-0.05, 0) is 31.7 Å². The Morgan fingerprint density at radius 2 is 2.03 bits per heavy atom. The topological polar surface area (TPSA) is 114 Å². The second-order valence-corrected chi connectivity index (χ2v) is 8.72. The molecule has 1 aromatic carbocycles. The molecule has 0 atom stereocenters. The number of hydrogen-bond acceptors (Lipinski definition) is 5. The quantitative estimate of drug-likeness (QED) is 0.519. The van der Waals surface area contributed by atoms with Gasteiger partial charge < -0.3 is 10.2 Å². The summed E-state index contributed by atoms with van der Waals surface area (Å²) in [7, 11) is 0. The molecule has 0 bridgehead atoms. The summed E-state index contributed by atoms with van der Waals surface area (Å²) < 4.78 is 7.16. The summed E-state index contributed by atoms with van der Waals surface area (Å²) >= 11 is 6.25. The van der Waals surface area contributed by atoms with Crippen LogP contribution in [0.4, 0.5) is 11.5 Å². The van der Waals surface area contributed by atoms with Gasteiger partial charge in [-0.25, -0.2) is 4.79 Å². The number of carbonyl (C=O) groups excluding carboxylic acids is 1. The number of halogens is 1. The molecule has 0 spiro atoms. The number of fused-ring (bicyclic) bond motifs is 1. The Kier molecular flexibility index (Phi) is 7.13. The van der Waals surface area contributed by atoms with E-state index in [1.165, 1.54) is 9.47 Å². The van der Waals surface area contributed by atoms with E-state index in [4.69, 9.17) is 21.8 Å². The van der Waals surface area contributed by atoms with E-state index >= 15 is 0 Å². The van der Waals surface area contributed by atoms with Gasteiger partial charge >= 0.3 is 5.69 Å². The lowest BCUT2D eigenvalue weighted by Gasteiger charge is -2.24. The van der Waals surface area contributed by atoms with Crippen LogP contribution in [0.1, 0.15) is 56.2 Å². The number of nitrogen functional groups attached to an aromatic ring is 1. The van der Waals surface area contributed by atoms with Crippen molar-refractivity contribution < 1.29 is 9.21 Å². The number of rotatable bonds is 8. The number of para-hydroxylation sites is 1. The van der Waals surface area contributed by atoms with Crippen LogP contribution in [0.2, 0.25) is 5.02 Å². The van der Waals surface area contributed by atoms with Gasteiger partial charge in [-0.15, -0.1) is 0 Å². The molecular formula is C23H29ClN4O4. The number of aromatic amines is 1. The molecule has 8 nitrogen and oxygen atoms in total. The standard InChI is InChI=1S/C23H29ClN4O4/c1-5-6-11-28-20(25)17(21(29)26-23(28)31)27(12-10-13(2)3)22(30)18-14(4)15-8-7-9-16(24)19(15)32-18/h7-9,13H,5-6,10-12,25H2,1-4H3,(H,26,29,31). The number of unbranched alkanes of at least 4 members (excludes halogenated alkanes) is 1. The lowest BCUT2D eigenvalue weighted by molar-refractivity contribution is 0.0960. The van der Waals surface area contributed by atoms with E-state index in [2.05, 4.69) is 4.98 Å². The van der Waals surface area contributed by atoms with Gasteiger partial charge in [0.1, 0.15) is 5.82 Å². The molecule has 3 rings (SSSR count). The van der Waals surface area contributed by atoms with Crippen LogP contribution < -0.4 is 21.9 Å². The first-order chi connectivity index (χ1) is 15.2. The molecule has 172 valence electrons. The average molecular weight is 461 g/mol. The molecule has 1 amide bonds. The number of nitrogens with zero attached hydrogens (tertiary/aromatic N) is 2. The van der Waals surface area contributed by atoms with E-state index in [0.29, 0.717) is 35.6 Å². The Balaban J connectivity index is 2.17. The number of carbonyl (C=O) groups is 1. The predicted molar refractivity (Wildman–Crippen MR) is 128 cm³/mol. The fraction of sp³-hybridized carbons (Fsp3) is 0.435. The molecule has 0 radical (unpaired) electrons. The number of aromatic nitrogens is 2. The minimum absolute atomic E-state index is 0.0314. The van der Waals surface area contributed by atoms with Gasteiger partial charge in [0, 0.05) is 24.0 Å². The van der Waals surface area contributed by atoms with Crippen LogP contribution in [-0.4, -0.2) is 22.0 Å². The zero-order valence-electron chi connectivity index (χ0n) is 18.8. The normalized spacial score (nSPS) is 11.4. The van der Waals surface area contributed by atoms with E-state index in [-0.39, 0.29) is 29.7 Å². The van der Waals surface area contributed by atoms with Gasteiger partial charge in [0.2, 0.25) is 0 Å². The second kappa shape index (κ2) is 9.65. The zero-order valence-corrected chi connectivity index (χ0v) is 19.6. The van der Waals surface area contributed by atoms with E-state index in [1.807, 2.05) is 26.8 Å². The van der Waals surface area contributed by atoms with Gasteiger partial charge in [-0.2, -0.15) is 0 Å². The third kappa shape index (κ3) is 4.46. The van der Waals surface area contributed by atoms with Crippen molar-refractivity contribution in [1.82, 2.24) is 9.55 Å². The summed E-state index contributed by atoms with van der Waals surface area (Å²) in [6.45, 7) is 8.37. The fourth-order valence-corrected chi connectivity index (χ4v) is 3.83. The molecule has 2 aromatic heterocycles. The summed E-state index contributed by atoms with van der Waals surface area (Å²) in [5.41, 5.74) is 5.98. The Morgan fingerprint density at radius 3 is 2.66 bits per heavy atom. The molecule has 0 unspecified atom stereocenters. The Morgan fingerprint density at radius 1 is 1.31 bits per heavy atom. The lowest BCUT2D eigenvalue weighted by atomic mass is 10.1. The van der Waals surface area contributed by atoms with Crippen LogP contribution in [0.25, 0.3) is 11.0 Å². The highest BCUT2D eigenvalue weighted by molar-refractivity contribution is 6.35. The summed E-state index contributed by atoms with van der Waals surface area (Å²) in [5, 5.41) is 1.11. The Bertz CT molecular complexity index is 1260. The van der Waals surface area contributed by atoms with E-state index in [0.717, 1.165) is 11.8 Å². The van der Waals surface area contributed by atoms with Crippen LogP contribution in [0, 0.1) is 12.8 Å². The minimum Gasteiger partial charge on any atom is -0.449 e. The maximum atomic E-state index is 13.7. The number of nitrogens with one attached hydrogen (secondary N) is 1. The van der Waals surface area contributed by atoms with Crippen LogP contribution >= 0.6 is 11.6 Å². The maximum Gasteiger partial charge on any atom is 0.330 e. The van der Waals surface area contributed by atoms with Crippen molar-refractivity contribution in [2.24, 2.45) is 5.92 Å². The summed E-state index contributed by atoms with van der Waals surface area (Å²) in [5.74, 6) is -0.186.